The second kappa shape index (κ2) is 6.61. The zero-order chi connectivity index (χ0) is 12.0. The topological polar surface area (TPSA) is 21.3 Å². The second-order valence-corrected chi connectivity index (χ2v) is 3.98. The Morgan fingerprint density at radius 3 is 2.75 bits per heavy atom. The number of aryl methyl sites for hydroxylation is 1. The first-order valence-corrected chi connectivity index (χ1v) is 5.61. The van der Waals surface area contributed by atoms with Gasteiger partial charge in [-0.05, 0) is 44.0 Å². The van der Waals surface area contributed by atoms with Gasteiger partial charge in [0.05, 0.1) is 0 Å². The second-order valence-electron chi connectivity index (χ2n) is 3.98. The summed E-state index contributed by atoms with van der Waals surface area (Å²) in [5.41, 5.74) is 1.69. The molecule has 2 nitrogen and oxygen atoms in total. The lowest BCUT2D eigenvalue weighted by Crippen LogP contribution is -2.17. The quantitative estimate of drug-likeness (QED) is 0.752. The van der Waals surface area contributed by atoms with Crippen molar-refractivity contribution < 1.29 is 9.13 Å². The van der Waals surface area contributed by atoms with E-state index >= 15 is 0 Å². The number of nitrogens with one attached hydrogen (secondary N) is 1. The van der Waals surface area contributed by atoms with Gasteiger partial charge in [0.2, 0.25) is 0 Å². The minimum atomic E-state index is -0.135. The first kappa shape index (κ1) is 13.1. The predicted octanol–water partition coefficient (Wildman–Crippen LogP) is 2.82. The van der Waals surface area contributed by atoms with E-state index in [2.05, 4.69) is 5.32 Å². The summed E-state index contributed by atoms with van der Waals surface area (Å²) in [4.78, 5) is 0. The van der Waals surface area contributed by atoms with Crippen LogP contribution in [0.3, 0.4) is 0 Å². The predicted molar refractivity (Wildman–Crippen MR) is 64.0 cm³/mol. The molecule has 90 valence electrons. The lowest BCUT2D eigenvalue weighted by molar-refractivity contribution is 0.189. The van der Waals surface area contributed by atoms with Gasteiger partial charge in [-0.2, -0.15) is 0 Å². The Bertz CT molecular complexity index is 328. The average molecular weight is 225 g/mol. The van der Waals surface area contributed by atoms with E-state index in [0.717, 1.165) is 25.0 Å². The molecule has 0 aliphatic carbocycles. The first-order chi connectivity index (χ1) is 7.69. The van der Waals surface area contributed by atoms with Crippen LogP contribution in [0.15, 0.2) is 18.2 Å². The SMILES string of the molecule is CNC(CCCOC)c1ccc(C)c(F)c1. The summed E-state index contributed by atoms with van der Waals surface area (Å²) < 4.78 is 18.4. The smallest absolute Gasteiger partial charge is 0.126 e. The van der Waals surface area contributed by atoms with Crippen molar-refractivity contribution in [2.24, 2.45) is 0 Å². The van der Waals surface area contributed by atoms with Crippen LogP contribution in [-0.2, 0) is 4.74 Å². The Kier molecular flexibility index (Phi) is 5.43. The lowest BCUT2D eigenvalue weighted by Gasteiger charge is -2.16. The number of methoxy groups -OCH3 is 1. The molecular formula is C13H20FNO. The van der Waals surface area contributed by atoms with E-state index in [4.69, 9.17) is 4.74 Å². The van der Waals surface area contributed by atoms with E-state index in [1.807, 2.05) is 19.2 Å². The fourth-order valence-corrected chi connectivity index (χ4v) is 1.74. The molecular weight excluding hydrogens is 205 g/mol. The zero-order valence-corrected chi connectivity index (χ0v) is 10.2. The van der Waals surface area contributed by atoms with Crippen molar-refractivity contribution in [3.8, 4) is 0 Å². The van der Waals surface area contributed by atoms with Crippen molar-refractivity contribution in [1.82, 2.24) is 5.32 Å². The first-order valence-electron chi connectivity index (χ1n) is 5.61. The molecule has 0 aromatic heterocycles. The summed E-state index contributed by atoms with van der Waals surface area (Å²) in [6.07, 6.45) is 1.92. The molecule has 0 radical (unpaired) electrons. The lowest BCUT2D eigenvalue weighted by atomic mass is 10.0. The third kappa shape index (κ3) is 3.58. The Morgan fingerprint density at radius 2 is 2.19 bits per heavy atom. The number of ether oxygens (including phenoxy) is 1. The summed E-state index contributed by atoms with van der Waals surface area (Å²) in [5.74, 6) is -0.135. The summed E-state index contributed by atoms with van der Waals surface area (Å²) in [7, 11) is 3.59. The third-order valence-corrected chi connectivity index (χ3v) is 2.79. The minimum Gasteiger partial charge on any atom is -0.385 e. The van der Waals surface area contributed by atoms with Gasteiger partial charge in [-0.15, -0.1) is 0 Å². The largest absolute Gasteiger partial charge is 0.385 e. The molecule has 1 unspecified atom stereocenters. The molecule has 1 atom stereocenters. The molecule has 0 spiro atoms. The molecule has 16 heavy (non-hydrogen) atoms. The normalized spacial score (nSPS) is 12.8. The Morgan fingerprint density at radius 1 is 1.44 bits per heavy atom. The fraction of sp³-hybridized carbons (Fsp3) is 0.538. The number of hydrogen-bond donors (Lipinski definition) is 1. The highest BCUT2D eigenvalue weighted by Gasteiger charge is 2.10. The molecule has 0 heterocycles. The number of rotatable bonds is 6. The highest BCUT2D eigenvalue weighted by Crippen LogP contribution is 2.20. The highest BCUT2D eigenvalue weighted by molar-refractivity contribution is 5.25. The molecule has 0 aliphatic heterocycles. The van der Waals surface area contributed by atoms with Gasteiger partial charge in [0.15, 0.2) is 0 Å². The molecule has 1 rings (SSSR count). The number of halogens is 1. The summed E-state index contributed by atoms with van der Waals surface area (Å²) in [5, 5.41) is 3.20. The molecule has 0 aliphatic rings. The van der Waals surface area contributed by atoms with Gasteiger partial charge in [0, 0.05) is 19.8 Å². The number of hydrogen-bond acceptors (Lipinski definition) is 2. The Hall–Kier alpha value is -0.930. The molecule has 0 bridgehead atoms. The monoisotopic (exact) mass is 225 g/mol. The van der Waals surface area contributed by atoms with Crippen LogP contribution < -0.4 is 5.32 Å². The summed E-state index contributed by atoms with van der Waals surface area (Å²) >= 11 is 0. The van der Waals surface area contributed by atoms with Crippen LogP contribution in [0.5, 0.6) is 0 Å². The van der Waals surface area contributed by atoms with Crippen LogP contribution >= 0.6 is 0 Å². The Labute approximate surface area is 96.8 Å². The van der Waals surface area contributed by atoms with Gasteiger partial charge < -0.3 is 10.1 Å². The average Bonchev–Trinajstić information content (AvgIpc) is 2.29. The fourth-order valence-electron chi connectivity index (χ4n) is 1.74. The van der Waals surface area contributed by atoms with Gasteiger partial charge in [-0.3, -0.25) is 0 Å². The van der Waals surface area contributed by atoms with Crippen molar-refractivity contribution in [1.29, 1.82) is 0 Å². The molecule has 0 saturated heterocycles. The van der Waals surface area contributed by atoms with Crippen LogP contribution in [0.1, 0.15) is 30.0 Å². The molecule has 1 N–H and O–H groups in total. The summed E-state index contributed by atoms with van der Waals surface area (Å²) in [6, 6.07) is 5.62. The standard InChI is InChI=1S/C13H20FNO/c1-10-6-7-11(9-12(10)14)13(15-2)5-4-8-16-3/h6-7,9,13,15H,4-5,8H2,1-3H3. The van der Waals surface area contributed by atoms with Crippen molar-refractivity contribution in [2.75, 3.05) is 20.8 Å². The maximum absolute atomic E-state index is 13.4. The Balaban J connectivity index is 2.67. The minimum absolute atomic E-state index is 0.135. The molecule has 3 heteroatoms. The maximum Gasteiger partial charge on any atom is 0.126 e. The van der Waals surface area contributed by atoms with Crippen molar-refractivity contribution in [3.05, 3.63) is 35.1 Å². The van der Waals surface area contributed by atoms with E-state index in [-0.39, 0.29) is 11.9 Å². The van der Waals surface area contributed by atoms with Crippen LogP contribution in [-0.4, -0.2) is 20.8 Å². The highest BCUT2D eigenvalue weighted by atomic mass is 19.1. The number of benzene rings is 1. The van der Waals surface area contributed by atoms with Gasteiger partial charge in [-0.1, -0.05) is 12.1 Å². The van der Waals surface area contributed by atoms with Gasteiger partial charge in [-0.25, -0.2) is 4.39 Å². The van der Waals surface area contributed by atoms with E-state index < -0.39 is 0 Å². The van der Waals surface area contributed by atoms with Crippen molar-refractivity contribution in [3.63, 3.8) is 0 Å². The molecule has 0 fully saturated rings. The maximum atomic E-state index is 13.4. The van der Waals surface area contributed by atoms with Crippen LogP contribution in [0.2, 0.25) is 0 Å². The van der Waals surface area contributed by atoms with Crippen molar-refractivity contribution >= 4 is 0 Å². The third-order valence-electron chi connectivity index (χ3n) is 2.79. The van der Waals surface area contributed by atoms with Crippen LogP contribution in [0.25, 0.3) is 0 Å². The molecule has 1 aromatic rings. The molecule has 1 aromatic carbocycles. The van der Waals surface area contributed by atoms with Gasteiger partial charge in [0.25, 0.3) is 0 Å². The zero-order valence-electron chi connectivity index (χ0n) is 10.2. The molecule has 0 amide bonds. The van der Waals surface area contributed by atoms with E-state index in [0.29, 0.717) is 5.56 Å². The summed E-state index contributed by atoms with van der Waals surface area (Å²) in [6.45, 7) is 2.52. The molecule has 0 saturated carbocycles. The van der Waals surface area contributed by atoms with Gasteiger partial charge >= 0.3 is 0 Å². The van der Waals surface area contributed by atoms with Crippen molar-refractivity contribution in [2.45, 2.75) is 25.8 Å². The van der Waals surface area contributed by atoms with E-state index in [9.17, 15) is 4.39 Å². The van der Waals surface area contributed by atoms with E-state index in [1.165, 1.54) is 0 Å². The van der Waals surface area contributed by atoms with Crippen LogP contribution in [0.4, 0.5) is 4.39 Å². The van der Waals surface area contributed by atoms with Crippen LogP contribution in [0, 0.1) is 12.7 Å². The van der Waals surface area contributed by atoms with E-state index in [1.54, 1.807) is 20.1 Å². The van der Waals surface area contributed by atoms with Gasteiger partial charge in [0.1, 0.15) is 5.82 Å².